The van der Waals surface area contributed by atoms with Gasteiger partial charge in [0.15, 0.2) is 5.65 Å². The predicted octanol–water partition coefficient (Wildman–Crippen LogP) is 1.55. The third kappa shape index (κ3) is 1.41. The van der Waals surface area contributed by atoms with Gasteiger partial charge in [-0.2, -0.15) is 0 Å². The molecule has 1 aliphatic carbocycles. The molecule has 2 atom stereocenters. The van der Waals surface area contributed by atoms with Crippen LogP contribution in [0.15, 0.2) is 18.3 Å². The quantitative estimate of drug-likeness (QED) is 0.737. The van der Waals surface area contributed by atoms with Crippen LogP contribution in [-0.2, 0) is 0 Å². The van der Waals surface area contributed by atoms with Crippen molar-refractivity contribution in [1.82, 2.24) is 15.0 Å². The molecule has 1 aliphatic rings. The molecule has 2 aromatic heterocycles. The Morgan fingerprint density at radius 3 is 3.07 bits per heavy atom. The van der Waals surface area contributed by atoms with Crippen molar-refractivity contribution in [1.29, 1.82) is 0 Å². The highest BCUT2D eigenvalue weighted by Gasteiger charge is 2.27. The summed E-state index contributed by atoms with van der Waals surface area (Å²) in [5.41, 5.74) is 7.86. The molecular weight excluding hydrogens is 188 g/mol. The smallest absolute Gasteiger partial charge is 0.177 e. The maximum Gasteiger partial charge on any atom is 0.177 e. The van der Waals surface area contributed by atoms with Crippen LogP contribution >= 0.6 is 0 Å². The highest BCUT2D eigenvalue weighted by atomic mass is 15.0. The maximum absolute atomic E-state index is 6.05. The second-order valence-corrected chi connectivity index (χ2v) is 4.20. The lowest BCUT2D eigenvalue weighted by molar-refractivity contribution is 0.588. The normalized spacial score (nSPS) is 26.2. The van der Waals surface area contributed by atoms with Crippen LogP contribution in [0.2, 0.25) is 0 Å². The van der Waals surface area contributed by atoms with E-state index in [4.69, 9.17) is 5.73 Å². The topological polar surface area (TPSA) is 67.6 Å². The summed E-state index contributed by atoms with van der Waals surface area (Å²) in [6, 6.07) is 4.17. The molecule has 1 saturated carbocycles. The van der Waals surface area contributed by atoms with Crippen molar-refractivity contribution in [2.75, 3.05) is 0 Å². The average molecular weight is 202 g/mol. The number of aromatic nitrogens is 3. The molecular formula is C11H14N4. The van der Waals surface area contributed by atoms with Crippen molar-refractivity contribution in [3.8, 4) is 0 Å². The number of imidazole rings is 1. The molecule has 0 saturated heterocycles. The van der Waals surface area contributed by atoms with Gasteiger partial charge in [-0.1, -0.05) is 6.42 Å². The molecule has 15 heavy (non-hydrogen) atoms. The summed E-state index contributed by atoms with van der Waals surface area (Å²) in [6.07, 6.45) is 5.22. The zero-order valence-electron chi connectivity index (χ0n) is 8.48. The maximum atomic E-state index is 6.05. The third-order valence-corrected chi connectivity index (χ3v) is 3.20. The molecule has 1 fully saturated rings. The summed E-state index contributed by atoms with van der Waals surface area (Å²) in [4.78, 5) is 12.0. The molecule has 3 rings (SSSR count). The Morgan fingerprint density at radius 1 is 1.40 bits per heavy atom. The number of H-pyrrole nitrogens is 1. The van der Waals surface area contributed by atoms with Gasteiger partial charge >= 0.3 is 0 Å². The fourth-order valence-corrected chi connectivity index (χ4v) is 2.37. The van der Waals surface area contributed by atoms with Crippen molar-refractivity contribution < 1.29 is 0 Å². The van der Waals surface area contributed by atoms with E-state index in [0.29, 0.717) is 5.92 Å². The van der Waals surface area contributed by atoms with Gasteiger partial charge in [-0.25, -0.2) is 9.97 Å². The summed E-state index contributed by atoms with van der Waals surface area (Å²) >= 11 is 0. The minimum Gasteiger partial charge on any atom is -0.340 e. The van der Waals surface area contributed by atoms with Crippen molar-refractivity contribution in [2.45, 2.75) is 31.2 Å². The van der Waals surface area contributed by atoms with Crippen LogP contribution in [0.3, 0.4) is 0 Å². The van der Waals surface area contributed by atoms with Crippen LogP contribution in [0.1, 0.15) is 31.0 Å². The minimum absolute atomic E-state index is 0.255. The van der Waals surface area contributed by atoms with Crippen LogP contribution in [0.4, 0.5) is 0 Å². The lowest BCUT2D eigenvalue weighted by Gasteiger charge is -2.11. The molecule has 4 nitrogen and oxygen atoms in total. The van der Waals surface area contributed by atoms with Gasteiger partial charge in [0.2, 0.25) is 0 Å². The first kappa shape index (κ1) is 8.85. The zero-order valence-corrected chi connectivity index (χ0v) is 8.48. The first-order chi connectivity index (χ1) is 7.34. The number of nitrogens with one attached hydrogen (secondary N) is 1. The van der Waals surface area contributed by atoms with E-state index in [2.05, 4.69) is 15.0 Å². The number of pyridine rings is 1. The van der Waals surface area contributed by atoms with Crippen LogP contribution in [-0.4, -0.2) is 21.0 Å². The van der Waals surface area contributed by atoms with Crippen LogP contribution in [0, 0.1) is 0 Å². The van der Waals surface area contributed by atoms with E-state index < -0.39 is 0 Å². The molecule has 4 heteroatoms. The number of hydrogen-bond acceptors (Lipinski definition) is 3. The van der Waals surface area contributed by atoms with Crippen molar-refractivity contribution in [2.24, 2.45) is 5.73 Å². The summed E-state index contributed by atoms with van der Waals surface area (Å²) in [5, 5.41) is 0. The lowest BCUT2D eigenvalue weighted by atomic mass is 10.0. The van der Waals surface area contributed by atoms with Gasteiger partial charge in [0.05, 0.1) is 5.52 Å². The summed E-state index contributed by atoms with van der Waals surface area (Å²) < 4.78 is 0. The van der Waals surface area contributed by atoms with Gasteiger partial charge in [0.1, 0.15) is 5.82 Å². The van der Waals surface area contributed by atoms with E-state index in [1.54, 1.807) is 6.20 Å². The monoisotopic (exact) mass is 202 g/mol. The molecule has 2 unspecified atom stereocenters. The minimum atomic E-state index is 0.255. The molecule has 0 spiro atoms. The van der Waals surface area contributed by atoms with Gasteiger partial charge in [0.25, 0.3) is 0 Å². The molecule has 2 heterocycles. The fraction of sp³-hybridized carbons (Fsp3) is 0.455. The third-order valence-electron chi connectivity index (χ3n) is 3.20. The van der Waals surface area contributed by atoms with E-state index in [-0.39, 0.29) is 6.04 Å². The Bertz CT molecular complexity index is 443. The van der Waals surface area contributed by atoms with Crippen LogP contribution in [0.5, 0.6) is 0 Å². The highest BCUT2D eigenvalue weighted by molar-refractivity contribution is 5.70. The molecule has 3 N–H and O–H groups in total. The molecule has 78 valence electrons. The van der Waals surface area contributed by atoms with Crippen molar-refractivity contribution in [3.05, 3.63) is 24.2 Å². The van der Waals surface area contributed by atoms with Gasteiger partial charge in [-0.15, -0.1) is 0 Å². The summed E-state index contributed by atoms with van der Waals surface area (Å²) in [5.74, 6) is 1.40. The molecule has 2 aromatic rings. The van der Waals surface area contributed by atoms with E-state index in [0.717, 1.165) is 29.8 Å². The zero-order chi connectivity index (χ0) is 10.3. The molecule has 0 bridgehead atoms. The molecule has 0 aromatic carbocycles. The van der Waals surface area contributed by atoms with Gasteiger partial charge in [-0.3, -0.25) is 0 Å². The standard InChI is InChI=1S/C11H14N4/c12-8-4-1-3-7(8)10-14-9-5-2-6-13-11(9)15-10/h2,5-8H,1,3-4,12H2,(H,13,14,15). The molecule has 0 radical (unpaired) electrons. The predicted molar refractivity (Wildman–Crippen MR) is 58.5 cm³/mol. The van der Waals surface area contributed by atoms with E-state index in [1.165, 1.54) is 6.42 Å². The molecule has 0 aliphatic heterocycles. The molecule has 0 amide bonds. The van der Waals surface area contributed by atoms with Crippen molar-refractivity contribution in [3.63, 3.8) is 0 Å². The van der Waals surface area contributed by atoms with Crippen molar-refractivity contribution >= 4 is 11.2 Å². The Hall–Kier alpha value is -1.42. The van der Waals surface area contributed by atoms with E-state index in [1.807, 2.05) is 12.1 Å². The average Bonchev–Trinajstić information content (AvgIpc) is 2.82. The fourth-order valence-electron chi connectivity index (χ4n) is 2.37. The largest absolute Gasteiger partial charge is 0.340 e. The van der Waals surface area contributed by atoms with Crippen LogP contribution in [0.25, 0.3) is 11.2 Å². The van der Waals surface area contributed by atoms with E-state index in [9.17, 15) is 0 Å². The number of nitrogens with two attached hydrogens (primary N) is 1. The SMILES string of the molecule is NC1CCCC1c1nc2ncccc2[nH]1. The number of rotatable bonds is 1. The summed E-state index contributed by atoms with van der Waals surface area (Å²) in [7, 11) is 0. The second-order valence-electron chi connectivity index (χ2n) is 4.20. The second kappa shape index (κ2) is 3.31. The number of nitrogens with zero attached hydrogens (tertiary/aromatic N) is 2. The Kier molecular flexibility index (Phi) is 1.95. The number of aromatic amines is 1. The van der Waals surface area contributed by atoms with Crippen LogP contribution < -0.4 is 5.73 Å². The van der Waals surface area contributed by atoms with Gasteiger partial charge < -0.3 is 10.7 Å². The van der Waals surface area contributed by atoms with E-state index >= 15 is 0 Å². The number of hydrogen-bond donors (Lipinski definition) is 2. The Labute approximate surface area is 87.9 Å². The highest BCUT2D eigenvalue weighted by Crippen LogP contribution is 2.32. The van der Waals surface area contributed by atoms with Gasteiger partial charge in [0, 0.05) is 18.2 Å². The lowest BCUT2D eigenvalue weighted by Crippen LogP contribution is -2.23. The Morgan fingerprint density at radius 2 is 2.33 bits per heavy atom. The Balaban J connectivity index is 2.04. The first-order valence-corrected chi connectivity index (χ1v) is 5.41. The summed E-state index contributed by atoms with van der Waals surface area (Å²) in [6.45, 7) is 0. The first-order valence-electron chi connectivity index (χ1n) is 5.41. The van der Waals surface area contributed by atoms with Gasteiger partial charge in [-0.05, 0) is 25.0 Å². The number of fused-ring (bicyclic) bond motifs is 1.